The Hall–Kier alpha value is -2.38. The Morgan fingerprint density at radius 3 is 2.61 bits per heavy atom. The summed E-state index contributed by atoms with van der Waals surface area (Å²) in [5.41, 5.74) is 5.58. The fourth-order valence-corrected chi connectivity index (χ4v) is 3.67. The van der Waals surface area contributed by atoms with Crippen molar-refractivity contribution in [2.24, 2.45) is 5.41 Å². The van der Waals surface area contributed by atoms with Crippen LogP contribution in [-0.2, 0) is 9.59 Å². The van der Waals surface area contributed by atoms with Gasteiger partial charge in [-0.2, -0.15) is 4.98 Å². The van der Waals surface area contributed by atoms with E-state index in [9.17, 15) is 14.7 Å². The van der Waals surface area contributed by atoms with E-state index < -0.39 is 12.0 Å². The molecule has 2 fully saturated rings. The molecule has 1 aromatic rings. The van der Waals surface area contributed by atoms with Gasteiger partial charge in [-0.15, -0.1) is 0 Å². The van der Waals surface area contributed by atoms with Crippen LogP contribution in [0.3, 0.4) is 0 Å². The van der Waals surface area contributed by atoms with E-state index in [-0.39, 0.29) is 11.3 Å². The minimum absolute atomic E-state index is 0.119. The Morgan fingerprint density at radius 2 is 2.09 bits per heavy atom. The van der Waals surface area contributed by atoms with Gasteiger partial charge in [0.05, 0.1) is 0 Å². The van der Waals surface area contributed by atoms with Crippen molar-refractivity contribution < 1.29 is 14.7 Å². The molecule has 2 aliphatic rings. The van der Waals surface area contributed by atoms with Gasteiger partial charge in [-0.1, -0.05) is 0 Å². The summed E-state index contributed by atoms with van der Waals surface area (Å²) in [5.74, 6) is -0.0459. The fraction of sp³-hybridized carbons (Fsp3) is 0.600. The smallest absolute Gasteiger partial charge is 0.326 e. The monoisotopic (exact) mass is 319 g/mol. The van der Waals surface area contributed by atoms with Crippen LogP contribution < -0.4 is 10.6 Å². The Bertz CT molecular complexity index is 603. The number of nitrogens with two attached hydrogens (primary N) is 1. The second-order valence-corrected chi connectivity index (χ2v) is 6.47. The lowest BCUT2D eigenvalue weighted by atomic mass is 9.76. The van der Waals surface area contributed by atoms with Gasteiger partial charge in [0.1, 0.15) is 11.9 Å². The molecule has 1 aromatic heterocycles. The molecule has 0 bridgehead atoms. The minimum atomic E-state index is -0.918. The normalized spacial score (nSPS) is 23.3. The lowest BCUT2D eigenvalue weighted by Crippen LogP contribution is -2.43. The number of piperidine rings is 1. The highest BCUT2D eigenvalue weighted by atomic mass is 16.4. The van der Waals surface area contributed by atoms with E-state index in [1.54, 1.807) is 12.3 Å². The molecule has 1 amide bonds. The lowest BCUT2D eigenvalue weighted by molar-refractivity contribution is -0.147. The van der Waals surface area contributed by atoms with Crippen LogP contribution >= 0.6 is 0 Å². The van der Waals surface area contributed by atoms with Gasteiger partial charge in [-0.3, -0.25) is 4.79 Å². The summed E-state index contributed by atoms with van der Waals surface area (Å²) in [4.78, 5) is 35.2. The number of aromatic nitrogens is 2. The molecule has 3 N–H and O–H groups in total. The van der Waals surface area contributed by atoms with E-state index in [2.05, 4.69) is 14.9 Å². The van der Waals surface area contributed by atoms with Crippen LogP contribution in [0.5, 0.6) is 0 Å². The third kappa shape index (κ3) is 2.93. The molecule has 2 aliphatic heterocycles. The molecule has 2 saturated heterocycles. The molecule has 0 aliphatic carbocycles. The van der Waals surface area contributed by atoms with Crippen molar-refractivity contribution in [1.82, 2.24) is 14.9 Å². The number of hydrogen-bond donors (Lipinski definition) is 2. The second kappa shape index (κ2) is 5.68. The summed E-state index contributed by atoms with van der Waals surface area (Å²) in [5, 5.41) is 9.37. The highest BCUT2D eigenvalue weighted by Crippen LogP contribution is 2.43. The first-order chi connectivity index (χ1) is 10.9. The summed E-state index contributed by atoms with van der Waals surface area (Å²) in [6.07, 6.45) is 3.79. The average molecular weight is 319 g/mol. The molecule has 0 aromatic carbocycles. The number of carbonyl (C=O) groups excluding carboxylic acids is 1. The van der Waals surface area contributed by atoms with Gasteiger partial charge in [-0.05, 0) is 30.7 Å². The van der Waals surface area contributed by atoms with Crippen molar-refractivity contribution in [2.75, 3.05) is 30.3 Å². The van der Waals surface area contributed by atoms with E-state index in [4.69, 9.17) is 5.73 Å². The summed E-state index contributed by atoms with van der Waals surface area (Å²) >= 11 is 0. The molecule has 0 saturated carbocycles. The lowest BCUT2D eigenvalue weighted by Gasteiger charge is -2.39. The molecule has 8 heteroatoms. The van der Waals surface area contributed by atoms with E-state index in [0.29, 0.717) is 24.7 Å². The summed E-state index contributed by atoms with van der Waals surface area (Å²) in [6.45, 7) is 3.43. The Morgan fingerprint density at radius 1 is 1.39 bits per heavy atom. The van der Waals surface area contributed by atoms with Crippen LogP contribution in [0.25, 0.3) is 0 Å². The van der Waals surface area contributed by atoms with E-state index >= 15 is 0 Å². The number of aliphatic carboxylic acids is 1. The number of nitrogens with zero attached hydrogens (tertiary/aromatic N) is 4. The number of rotatable bonds is 2. The number of hydrogen-bond acceptors (Lipinski definition) is 6. The number of amides is 1. The van der Waals surface area contributed by atoms with Crippen LogP contribution in [0.4, 0.5) is 11.8 Å². The number of likely N-dealkylation sites (tertiary alicyclic amines) is 1. The van der Waals surface area contributed by atoms with Crippen LogP contribution in [0, 0.1) is 5.41 Å². The first kappa shape index (κ1) is 15.5. The molecule has 3 rings (SSSR count). The number of carboxylic acids is 1. The first-order valence-electron chi connectivity index (χ1n) is 7.74. The van der Waals surface area contributed by atoms with Crippen molar-refractivity contribution in [3.8, 4) is 0 Å². The number of carbonyl (C=O) groups is 2. The van der Waals surface area contributed by atoms with Crippen molar-refractivity contribution >= 4 is 23.6 Å². The SMILES string of the molecule is CC(=O)N1CC2(CCN(c3nccc(N)n3)CC2)CC1C(=O)O. The molecular formula is C15H21N5O3. The van der Waals surface area contributed by atoms with Crippen LogP contribution in [0.2, 0.25) is 0 Å². The quantitative estimate of drug-likeness (QED) is 0.808. The standard InChI is InChI=1S/C15H21N5O3/c1-10(21)20-9-15(8-11(20)13(22)23)3-6-19(7-4-15)14-17-5-2-12(16)18-14/h2,5,11H,3-4,6-9H2,1H3,(H,22,23)(H2,16,17,18). The zero-order valence-electron chi connectivity index (χ0n) is 13.1. The summed E-state index contributed by atoms with van der Waals surface area (Å²) in [6, 6.07) is 0.941. The highest BCUT2D eigenvalue weighted by molar-refractivity contribution is 5.83. The summed E-state index contributed by atoms with van der Waals surface area (Å²) < 4.78 is 0. The van der Waals surface area contributed by atoms with E-state index in [0.717, 1.165) is 25.9 Å². The van der Waals surface area contributed by atoms with E-state index in [1.165, 1.54) is 11.8 Å². The molecule has 8 nitrogen and oxygen atoms in total. The zero-order chi connectivity index (χ0) is 16.6. The van der Waals surface area contributed by atoms with Crippen LogP contribution in [0.1, 0.15) is 26.2 Å². The van der Waals surface area contributed by atoms with E-state index in [1.807, 2.05) is 0 Å². The Kier molecular flexibility index (Phi) is 3.83. The number of nitrogen functional groups attached to an aromatic ring is 1. The molecule has 1 atom stereocenters. The van der Waals surface area contributed by atoms with Crippen molar-refractivity contribution in [3.05, 3.63) is 12.3 Å². The van der Waals surface area contributed by atoms with Gasteiger partial charge in [-0.25, -0.2) is 9.78 Å². The third-order valence-corrected chi connectivity index (χ3v) is 4.97. The third-order valence-electron chi connectivity index (χ3n) is 4.97. The number of carboxylic acid groups (broad SMARTS) is 1. The van der Waals surface area contributed by atoms with Gasteiger partial charge in [0, 0.05) is 32.8 Å². The summed E-state index contributed by atoms with van der Waals surface area (Å²) in [7, 11) is 0. The van der Waals surface area contributed by atoms with Crippen molar-refractivity contribution in [3.63, 3.8) is 0 Å². The molecule has 23 heavy (non-hydrogen) atoms. The van der Waals surface area contributed by atoms with Crippen molar-refractivity contribution in [1.29, 1.82) is 0 Å². The molecule has 124 valence electrons. The van der Waals surface area contributed by atoms with Gasteiger partial charge >= 0.3 is 5.97 Å². The fourth-order valence-electron chi connectivity index (χ4n) is 3.67. The predicted molar refractivity (Wildman–Crippen MR) is 83.8 cm³/mol. The number of anilines is 2. The van der Waals surface area contributed by atoms with Crippen LogP contribution in [0.15, 0.2) is 12.3 Å². The van der Waals surface area contributed by atoms with Gasteiger partial charge < -0.3 is 20.6 Å². The topological polar surface area (TPSA) is 113 Å². The Balaban J connectivity index is 1.71. The minimum Gasteiger partial charge on any atom is -0.480 e. The molecular weight excluding hydrogens is 298 g/mol. The maximum atomic E-state index is 11.7. The molecule has 3 heterocycles. The molecule has 1 spiro atoms. The average Bonchev–Trinajstić information content (AvgIpc) is 2.88. The largest absolute Gasteiger partial charge is 0.480 e. The van der Waals surface area contributed by atoms with Gasteiger partial charge in [0.25, 0.3) is 0 Å². The second-order valence-electron chi connectivity index (χ2n) is 6.47. The highest BCUT2D eigenvalue weighted by Gasteiger charge is 2.49. The maximum absolute atomic E-state index is 11.7. The predicted octanol–water partition coefficient (Wildman–Crippen LogP) is 0.351. The first-order valence-corrected chi connectivity index (χ1v) is 7.74. The zero-order valence-corrected chi connectivity index (χ0v) is 13.1. The molecule has 1 unspecified atom stereocenters. The van der Waals surface area contributed by atoms with Crippen LogP contribution in [-0.4, -0.2) is 57.5 Å². The van der Waals surface area contributed by atoms with Crippen molar-refractivity contribution in [2.45, 2.75) is 32.2 Å². The molecule has 0 radical (unpaired) electrons. The maximum Gasteiger partial charge on any atom is 0.326 e. The van der Waals surface area contributed by atoms with Gasteiger partial charge in [0.15, 0.2) is 0 Å². The Labute approximate surface area is 134 Å². The van der Waals surface area contributed by atoms with Gasteiger partial charge in [0.2, 0.25) is 11.9 Å².